The van der Waals surface area contributed by atoms with Crippen molar-refractivity contribution in [3.05, 3.63) is 29.6 Å². The first kappa shape index (κ1) is 15.6. The number of unbranched alkanes of at least 4 members (excludes halogenated alkanes) is 1. The lowest BCUT2D eigenvalue weighted by molar-refractivity contribution is 0.0941. The molecule has 1 rings (SSSR count). The number of nitrogens with two attached hydrogens (primary N) is 1. The maximum Gasteiger partial charge on any atom is 0.269 e. The number of amides is 1. The summed E-state index contributed by atoms with van der Waals surface area (Å²) in [6, 6.07) is 3.57. The zero-order valence-corrected chi connectivity index (χ0v) is 12.0. The van der Waals surface area contributed by atoms with Gasteiger partial charge in [0.15, 0.2) is 0 Å². The standard InChI is InChI=1S/C15H25N3O/c1-3-5-6-12(4-2)10-18-15(19)14-8-7-13(9-16)11-17-14/h7-8,11-12H,3-6,9-10,16H2,1-2H3,(H,18,19). The summed E-state index contributed by atoms with van der Waals surface area (Å²) < 4.78 is 0. The average molecular weight is 263 g/mol. The number of nitrogens with zero attached hydrogens (tertiary/aromatic N) is 1. The van der Waals surface area contributed by atoms with Crippen molar-refractivity contribution in [2.24, 2.45) is 11.7 Å². The molecule has 0 saturated heterocycles. The molecule has 106 valence electrons. The van der Waals surface area contributed by atoms with Crippen molar-refractivity contribution in [1.82, 2.24) is 10.3 Å². The number of hydrogen-bond donors (Lipinski definition) is 2. The van der Waals surface area contributed by atoms with E-state index in [1.165, 1.54) is 19.3 Å². The van der Waals surface area contributed by atoms with Gasteiger partial charge in [-0.25, -0.2) is 0 Å². The van der Waals surface area contributed by atoms with Gasteiger partial charge in [-0.05, 0) is 24.0 Å². The minimum absolute atomic E-state index is 0.0986. The average Bonchev–Trinajstić information content (AvgIpc) is 2.47. The van der Waals surface area contributed by atoms with Crippen LogP contribution >= 0.6 is 0 Å². The highest BCUT2D eigenvalue weighted by molar-refractivity contribution is 5.92. The van der Waals surface area contributed by atoms with E-state index in [2.05, 4.69) is 24.1 Å². The van der Waals surface area contributed by atoms with Crippen LogP contribution in [0.2, 0.25) is 0 Å². The Morgan fingerprint density at radius 3 is 2.74 bits per heavy atom. The summed E-state index contributed by atoms with van der Waals surface area (Å²) in [7, 11) is 0. The Morgan fingerprint density at radius 1 is 1.42 bits per heavy atom. The van der Waals surface area contributed by atoms with Crippen molar-refractivity contribution in [2.45, 2.75) is 46.1 Å². The summed E-state index contributed by atoms with van der Waals surface area (Å²) in [6.07, 6.45) is 6.35. The van der Waals surface area contributed by atoms with Gasteiger partial charge in [-0.2, -0.15) is 0 Å². The molecule has 1 heterocycles. The van der Waals surface area contributed by atoms with E-state index in [4.69, 9.17) is 5.73 Å². The lowest BCUT2D eigenvalue weighted by Crippen LogP contribution is -2.29. The summed E-state index contributed by atoms with van der Waals surface area (Å²) in [5, 5.41) is 2.96. The Balaban J connectivity index is 2.44. The van der Waals surface area contributed by atoms with E-state index >= 15 is 0 Å². The lowest BCUT2D eigenvalue weighted by Gasteiger charge is -2.15. The fraction of sp³-hybridized carbons (Fsp3) is 0.600. The Labute approximate surface area is 115 Å². The Hall–Kier alpha value is -1.42. The first-order valence-corrected chi connectivity index (χ1v) is 7.14. The molecule has 0 aliphatic rings. The molecule has 0 radical (unpaired) electrons. The molecule has 0 aromatic carbocycles. The van der Waals surface area contributed by atoms with Crippen molar-refractivity contribution in [3.8, 4) is 0 Å². The number of rotatable bonds is 8. The van der Waals surface area contributed by atoms with Crippen LogP contribution in [0.3, 0.4) is 0 Å². The Morgan fingerprint density at radius 2 is 2.21 bits per heavy atom. The number of pyridine rings is 1. The molecule has 0 bridgehead atoms. The Kier molecular flexibility index (Phi) is 7.11. The zero-order chi connectivity index (χ0) is 14.1. The third kappa shape index (κ3) is 5.39. The van der Waals surface area contributed by atoms with Crippen LogP contribution in [0.15, 0.2) is 18.3 Å². The van der Waals surface area contributed by atoms with E-state index in [0.717, 1.165) is 18.5 Å². The van der Waals surface area contributed by atoms with Crippen LogP contribution < -0.4 is 11.1 Å². The molecule has 4 nitrogen and oxygen atoms in total. The van der Waals surface area contributed by atoms with Gasteiger partial charge in [0.1, 0.15) is 5.69 Å². The summed E-state index contributed by atoms with van der Waals surface area (Å²) in [5.41, 5.74) is 6.90. The summed E-state index contributed by atoms with van der Waals surface area (Å²) in [5.74, 6) is 0.464. The van der Waals surface area contributed by atoms with Gasteiger partial charge in [0.25, 0.3) is 5.91 Å². The van der Waals surface area contributed by atoms with Gasteiger partial charge in [-0.3, -0.25) is 9.78 Å². The maximum atomic E-state index is 11.9. The van der Waals surface area contributed by atoms with Crippen LogP contribution in [0.5, 0.6) is 0 Å². The molecule has 0 saturated carbocycles. The lowest BCUT2D eigenvalue weighted by atomic mass is 9.99. The summed E-state index contributed by atoms with van der Waals surface area (Å²) in [4.78, 5) is 16.1. The van der Waals surface area contributed by atoms with Gasteiger partial charge in [-0.15, -0.1) is 0 Å². The molecule has 0 spiro atoms. The van der Waals surface area contributed by atoms with Crippen molar-refractivity contribution < 1.29 is 4.79 Å². The first-order valence-electron chi connectivity index (χ1n) is 7.14. The largest absolute Gasteiger partial charge is 0.350 e. The van der Waals surface area contributed by atoms with Gasteiger partial charge in [0, 0.05) is 19.3 Å². The molecule has 1 aromatic heterocycles. The van der Waals surface area contributed by atoms with E-state index in [-0.39, 0.29) is 5.91 Å². The third-order valence-electron chi connectivity index (χ3n) is 3.39. The number of carbonyl (C=O) groups excluding carboxylic acids is 1. The molecule has 0 aliphatic carbocycles. The van der Waals surface area contributed by atoms with Crippen LogP contribution in [0.4, 0.5) is 0 Å². The molecule has 3 N–H and O–H groups in total. The smallest absolute Gasteiger partial charge is 0.269 e. The predicted octanol–water partition coefficient (Wildman–Crippen LogP) is 2.49. The summed E-state index contributed by atoms with van der Waals surface area (Å²) in [6.45, 7) is 5.54. The van der Waals surface area contributed by atoms with Crippen LogP contribution in [0, 0.1) is 5.92 Å². The number of carbonyl (C=O) groups is 1. The second kappa shape index (κ2) is 8.64. The summed E-state index contributed by atoms with van der Waals surface area (Å²) >= 11 is 0. The molecule has 0 fully saturated rings. The number of hydrogen-bond acceptors (Lipinski definition) is 3. The van der Waals surface area contributed by atoms with Crippen molar-refractivity contribution >= 4 is 5.91 Å². The van der Waals surface area contributed by atoms with Crippen molar-refractivity contribution in [2.75, 3.05) is 6.54 Å². The molecule has 4 heteroatoms. The second-order valence-corrected chi connectivity index (χ2v) is 4.88. The van der Waals surface area contributed by atoms with Crippen LogP contribution in [0.1, 0.15) is 55.6 Å². The molecule has 0 aliphatic heterocycles. The van der Waals surface area contributed by atoms with E-state index in [1.54, 1.807) is 12.3 Å². The highest BCUT2D eigenvalue weighted by atomic mass is 16.1. The minimum atomic E-state index is -0.0986. The van der Waals surface area contributed by atoms with Crippen LogP contribution in [0.25, 0.3) is 0 Å². The van der Waals surface area contributed by atoms with E-state index in [0.29, 0.717) is 18.2 Å². The molecule has 1 aromatic rings. The van der Waals surface area contributed by atoms with Gasteiger partial charge >= 0.3 is 0 Å². The van der Waals surface area contributed by atoms with Gasteiger partial charge in [-0.1, -0.05) is 39.2 Å². The highest BCUT2D eigenvalue weighted by Crippen LogP contribution is 2.11. The van der Waals surface area contributed by atoms with Gasteiger partial charge < -0.3 is 11.1 Å². The topological polar surface area (TPSA) is 68.0 Å². The maximum absolute atomic E-state index is 11.9. The van der Waals surface area contributed by atoms with E-state index in [9.17, 15) is 4.79 Å². The fourth-order valence-electron chi connectivity index (χ4n) is 1.95. The van der Waals surface area contributed by atoms with E-state index in [1.807, 2.05) is 6.07 Å². The molecule has 1 unspecified atom stereocenters. The fourth-order valence-corrected chi connectivity index (χ4v) is 1.95. The van der Waals surface area contributed by atoms with Gasteiger partial charge in [0.05, 0.1) is 0 Å². The zero-order valence-electron chi connectivity index (χ0n) is 12.0. The molecule has 19 heavy (non-hydrogen) atoms. The number of nitrogens with one attached hydrogen (secondary N) is 1. The highest BCUT2D eigenvalue weighted by Gasteiger charge is 2.10. The van der Waals surface area contributed by atoms with E-state index < -0.39 is 0 Å². The van der Waals surface area contributed by atoms with Crippen LogP contribution in [-0.2, 0) is 6.54 Å². The second-order valence-electron chi connectivity index (χ2n) is 4.88. The monoisotopic (exact) mass is 263 g/mol. The first-order chi connectivity index (χ1) is 9.21. The van der Waals surface area contributed by atoms with Crippen LogP contribution in [-0.4, -0.2) is 17.4 Å². The third-order valence-corrected chi connectivity index (χ3v) is 3.39. The van der Waals surface area contributed by atoms with Crippen molar-refractivity contribution in [1.29, 1.82) is 0 Å². The normalized spacial score (nSPS) is 12.2. The Bertz CT molecular complexity index is 375. The number of aromatic nitrogens is 1. The molecular formula is C15H25N3O. The van der Waals surface area contributed by atoms with Gasteiger partial charge in [0.2, 0.25) is 0 Å². The molecular weight excluding hydrogens is 238 g/mol. The van der Waals surface area contributed by atoms with Crippen molar-refractivity contribution in [3.63, 3.8) is 0 Å². The minimum Gasteiger partial charge on any atom is -0.350 e. The SMILES string of the molecule is CCCCC(CC)CNC(=O)c1ccc(CN)cn1. The quantitative estimate of drug-likeness (QED) is 0.757. The molecule has 1 amide bonds. The molecule has 1 atom stereocenters. The predicted molar refractivity (Wildman–Crippen MR) is 77.8 cm³/mol.